The standard InChI is InChI=1S/C12H10BrClN2O3/c1-18-12(17)11-10(13)8(5-9(14)16-11)15-6-7-3-2-4-19-7/h2-5H,6H2,1H3,(H,15,16). The first-order valence-corrected chi connectivity index (χ1v) is 6.49. The minimum absolute atomic E-state index is 0.122. The number of esters is 1. The number of pyridine rings is 1. The summed E-state index contributed by atoms with van der Waals surface area (Å²) in [5.74, 6) is 0.204. The smallest absolute Gasteiger partial charge is 0.357 e. The third kappa shape index (κ3) is 3.27. The summed E-state index contributed by atoms with van der Waals surface area (Å²) in [5, 5.41) is 3.30. The highest BCUT2D eigenvalue weighted by atomic mass is 79.9. The monoisotopic (exact) mass is 344 g/mol. The SMILES string of the molecule is COC(=O)c1nc(Cl)cc(NCc2ccco2)c1Br. The van der Waals surface area contributed by atoms with Crippen molar-refractivity contribution < 1.29 is 13.9 Å². The van der Waals surface area contributed by atoms with Crippen LogP contribution in [0.15, 0.2) is 33.4 Å². The van der Waals surface area contributed by atoms with Gasteiger partial charge >= 0.3 is 5.97 Å². The van der Waals surface area contributed by atoms with Crippen LogP contribution in [0.1, 0.15) is 16.2 Å². The van der Waals surface area contributed by atoms with Gasteiger partial charge < -0.3 is 14.5 Å². The van der Waals surface area contributed by atoms with Gasteiger partial charge in [-0.25, -0.2) is 9.78 Å². The third-order valence-electron chi connectivity index (χ3n) is 2.34. The van der Waals surface area contributed by atoms with E-state index in [1.807, 2.05) is 6.07 Å². The Kier molecular flexibility index (Phi) is 4.44. The van der Waals surface area contributed by atoms with Crippen LogP contribution < -0.4 is 5.32 Å². The number of rotatable bonds is 4. The molecule has 0 radical (unpaired) electrons. The number of carbonyl (C=O) groups excluding carboxylic acids is 1. The quantitative estimate of drug-likeness (QED) is 0.679. The van der Waals surface area contributed by atoms with Gasteiger partial charge in [0.2, 0.25) is 0 Å². The number of hydrogen-bond acceptors (Lipinski definition) is 5. The Hall–Kier alpha value is -1.53. The van der Waals surface area contributed by atoms with E-state index < -0.39 is 5.97 Å². The average Bonchev–Trinajstić information content (AvgIpc) is 2.91. The highest BCUT2D eigenvalue weighted by Crippen LogP contribution is 2.29. The number of nitrogens with one attached hydrogen (secondary N) is 1. The van der Waals surface area contributed by atoms with Crippen LogP contribution in [-0.4, -0.2) is 18.1 Å². The van der Waals surface area contributed by atoms with E-state index in [2.05, 4.69) is 31.0 Å². The fourth-order valence-electron chi connectivity index (χ4n) is 1.45. The molecule has 2 aromatic heterocycles. The molecule has 0 fully saturated rings. The van der Waals surface area contributed by atoms with Crippen molar-refractivity contribution in [1.82, 2.24) is 4.98 Å². The molecule has 0 bridgehead atoms. The van der Waals surface area contributed by atoms with Crippen LogP contribution in [-0.2, 0) is 11.3 Å². The molecule has 19 heavy (non-hydrogen) atoms. The van der Waals surface area contributed by atoms with Gasteiger partial charge in [-0.15, -0.1) is 0 Å². The molecule has 0 aliphatic carbocycles. The second kappa shape index (κ2) is 6.08. The number of aromatic nitrogens is 1. The molecule has 0 atom stereocenters. The maximum absolute atomic E-state index is 11.6. The van der Waals surface area contributed by atoms with E-state index in [1.54, 1.807) is 18.4 Å². The first-order valence-electron chi connectivity index (χ1n) is 5.32. The summed E-state index contributed by atoms with van der Waals surface area (Å²) in [6, 6.07) is 5.25. The van der Waals surface area contributed by atoms with Gasteiger partial charge in [-0.2, -0.15) is 0 Å². The molecule has 100 valence electrons. The van der Waals surface area contributed by atoms with Crippen LogP contribution in [0, 0.1) is 0 Å². The number of methoxy groups -OCH3 is 1. The normalized spacial score (nSPS) is 10.3. The fraction of sp³-hybridized carbons (Fsp3) is 0.167. The Labute approximate surface area is 123 Å². The number of hydrogen-bond donors (Lipinski definition) is 1. The lowest BCUT2D eigenvalue weighted by Gasteiger charge is -2.10. The van der Waals surface area contributed by atoms with Crippen LogP contribution in [0.3, 0.4) is 0 Å². The van der Waals surface area contributed by atoms with Crippen LogP contribution in [0.25, 0.3) is 0 Å². The molecule has 1 N–H and O–H groups in total. The molecular weight excluding hydrogens is 336 g/mol. The highest BCUT2D eigenvalue weighted by molar-refractivity contribution is 9.10. The molecule has 0 aliphatic rings. The van der Waals surface area contributed by atoms with Crippen LogP contribution in [0.4, 0.5) is 5.69 Å². The second-order valence-corrected chi connectivity index (χ2v) is 4.76. The van der Waals surface area contributed by atoms with Crippen molar-refractivity contribution in [2.75, 3.05) is 12.4 Å². The van der Waals surface area contributed by atoms with Gasteiger partial charge in [0, 0.05) is 0 Å². The fourth-order valence-corrected chi connectivity index (χ4v) is 2.15. The zero-order valence-corrected chi connectivity index (χ0v) is 12.3. The summed E-state index contributed by atoms with van der Waals surface area (Å²) in [4.78, 5) is 15.5. The van der Waals surface area contributed by atoms with Gasteiger partial charge in [0.15, 0.2) is 5.69 Å². The Morgan fingerprint density at radius 3 is 3.05 bits per heavy atom. The summed E-state index contributed by atoms with van der Waals surface area (Å²) in [5.41, 5.74) is 0.758. The Balaban J connectivity index is 2.24. The highest BCUT2D eigenvalue weighted by Gasteiger charge is 2.17. The van der Waals surface area contributed by atoms with Gasteiger partial charge in [0.05, 0.1) is 30.1 Å². The third-order valence-corrected chi connectivity index (χ3v) is 3.33. The predicted octanol–water partition coefficient (Wildman–Crippen LogP) is 3.49. The van der Waals surface area contributed by atoms with Gasteiger partial charge in [-0.1, -0.05) is 11.6 Å². The lowest BCUT2D eigenvalue weighted by Crippen LogP contribution is -2.08. The largest absolute Gasteiger partial charge is 0.467 e. The molecule has 2 heterocycles. The molecular formula is C12H10BrClN2O3. The topological polar surface area (TPSA) is 64.4 Å². The maximum atomic E-state index is 11.6. The van der Waals surface area contributed by atoms with Crippen molar-refractivity contribution >= 4 is 39.2 Å². The summed E-state index contributed by atoms with van der Waals surface area (Å²) >= 11 is 9.19. The van der Waals surface area contributed by atoms with Gasteiger partial charge in [0.1, 0.15) is 10.9 Å². The minimum atomic E-state index is -0.560. The van der Waals surface area contributed by atoms with Crippen LogP contribution in [0.2, 0.25) is 5.15 Å². The van der Waals surface area contributed by atoms with E-state index in [-0.39, 0.29) is 10.8 Å². The molecule has 0 aromatic carbocycles. The van der Waals surface area contributed by atoms with E-state index in [0.717, 1.165) is 5.76 Å². The lowest BCUT2D eigenvalue weighted by atomic mass is 10.3. The molecule has 0 saturated heterocycles. The van der Waals surface area contributed by atoms with Crippen molar-refractivity contribution in [2.24, 2.45) is 0 Å². The first-order chi connectivity index (χ1) is 9.11. The predicted molar refractivity (Wildman–Crippen MR) is 74.3 cm³/mol. The molecule has 5 nitrogen and oxygen atoms in total. The maximum Gasteiger partial charge on any atom is 0.357 e. The molecule has 0 saturated carbocycles. The molecule has 0 unspecified atom stereocenters. The minimum Gasteiger partial charge on any atom is -0.467 e. The van der Waals surface area contributed by atoms with Crippen molar-refractivity contribution in [3.05, 3.63) is 45.5 Å². The summed E-state index contributed by atoms with van der Waals surface area (Å²) in [6.45, 7) is 0.465. The van der Waals surface area contributed by atoms with Crippen molar-refractivity contribution in [1.29, 1.82) is 0 Å². The van der Waals surface area contributed by atoms with Crippen LogP contribution in [0.5, 0.6) is 0 Å². The summed E-state index contributed by atoms with van der Waals surface area (Å²) in [6.07, 6.45) is 1.59. The van der Waals surface area contributed by atoms with Crippen LogP contribution >= 0.6 is 27.5 Å². The number of ether oxygens (including phenoxy) is 1. The lowest BCUT2D eigenvalue weighted by molar-refractivity contribution is 0.0593. The number of nitrogens with zero attached hydrogens (tertiary/aromatic N) is 1. The molecule has 0 amide bonds. The molecule has 0 spiro atoms. The van der Waals surface area contributed by atoms with Gasteiger partial charge in [0.25, 0.3) is 0 Å². The van der Waals surface area contributed by atoms with E-state index in [9.17, 15) is 4.79 Å². The Bertz CT molecular complexity index is 587. The van der Waals surface area contributed by atoms with Gasteiger partial charge in [-0.05, 0) is 34.1 Å². The molecule has 2 aromatic rings. The Morgan fingerprint density at radius 1 is 1.63 bits per heavy atom. The second-order valence-electron chi connectivity index (χ2n) is 3.58. The van der Waals surface area contributed by atoms with E-state index in [4.69, 9.17) is 16.0 Å². The summed E-state index contributed by atoms with van der Waals surface area (Å²) < 4.78 is 10.3. The number of furan rings is 1. The van der Waals surface area contributed by atoms with Gasteiger partial charge in [-0.3, -0.25) is 0 Å². The average molecular weight is 346 g/mol. The Morgan fingerprint density at radius 2 is 2.42 bits per heavy atom. The van der Waals surface area contributed by atoms with E-state index in [0.29, 0.717) is 16.7 Å². The zero-order valence-electron chi connectivity index (χ0n) is 9.94. The number of carbonyl (C=O) groups is 1. The van der Waals surface area contributed by atoms with Crippen molar-refractivity contribution in [3.8, 4) is 0 Å². The van der Waals surface area contributed by atoms with E-state index >= 15 is 0 Å². The number of anilines is 1. The molecule has 2 rings (SSSR count). The first kappa shape index (κ1) is 13.9. The van der Waals surface area contributed by atoms with Crippen molar-refractivity contribution in [2.45, 2.75) is 6.54 Å². The zero-order chi connectivity index (χ0) is 13.8. The van der Waals surface area contributed by atoms with Crippen molar-refractivity contribution in [3.63, 3.8) is 0 Å². The number of halogens is 2. The summed E-state index contributed by atoms with van der Waals surface area (Å²) in [7, 11) is 1.29. The van der Waals surface area contributed by atoms with E-state index in [1.165, 1.54) is 7.11 Å². The molecule has 7 heteroatoms. The molecule has 0 aliphatic heterocycles.